The first-order valence-electron chi connectivity index (χ1n) is 7.26. The van der Waals surface area contributed by atoms with Gasteiger partial charge in [-0.3, -0.25) is 9.59 Å². The van der Waals surface area contributed by atoms with Crippen LogP contribution in [0.2, 0.25) is 10.0 Å². The molecule has 2 amide bonds. The summed E-state index contributed by atoms with van der Waals surface area (Å²) in [4.78, 5) is 24.4. The topological polar surface area (TPSA) is 61.8 Å². The molecule has 0 saturated heterocycles. The van der Waals surface area contributed by atoms with Crippen LogP contribution in [0.4, 0.5) is 11.4 Å². The molecule has 3 rings (SSSR count). The van der Waals surface area contributed by atoms with Crippen LogP contribution in [0.15, 0.2) is 53.6 Å². The van der Waals surface area contributed by atoms with Crippen LogP contribution in [-0.4, -0.2) is 17.5 Å². The summed E-state index contributed by atoms with van der Waals surface area (Å²) in [6.07, 6.45) is 0.512. The molecule has 0 radical (unpaired) electrons. The molecule has 0 spiro atoms. The fourth-order valence-electron chi connectivity index (χ4n) is 2.24. The molecule has 0 fully saturated rings. The molecule has 0 bridgehead atoms. The van der Waals surface area contributed by atoms with E-state index in [1.807, 2.05) is 0 Å². The van der Waals surface area contributed by atoms with Gasteiger partial charge in [-0.2, -0.15) is 5.10 Å². The number of carbonyl (C=O) groups is 2. The maximum absolute atomic E-state index is 12.4. The third-order valence-corrected chi connectivity index (χ3v) is 3.97. The van der Waals surface area contributed by atoms with E-state index < -0.39 is 0 Å². The third kappa shape index (κ3) is 3.75. The number of amides is 2. The van der Waals surface area contributed by atoms with E-state index in [2.05, 4.69) is 10.4 Å². The molecule has 2 aromatic carbocycles. The van der Waals surface area contributed by atoms with Crippen molar-refractivity contribution in [3.05, 3.63) is 58.6 Å². The van der Waals surface area contributed by atoms with Crippen molar-refractivity contribution >= 4 is 52.1 Å². The number of carbonyl (C=O) groups excluding carboxylic acids is 2. The quantitative estimate of drug-likeness (QED) is 0.893. The van der Waals surface area contributed by atoms with Gasteiger partial charge < -0.3 is 5.32 Å². The van der Waals surface area contributed by atoms with E-state index in [1.54, 1.807) is 48.5 Å². The fourth-order valence-corrected chi connectivity index (χ4v) is 2.49. The largest absolute Gasteiger partial charge is 0.321 e. The molecule has 1 heterocycles. The van der Waals surface area contributed by atoms with Gasteiger partial charge in [-0.15, -0.1) is 0 Å². The molecule has 1 aliphatic heterocycles. The average Bonchev–Trinajstić information content (AvgIpc) is 2.58. The number of hydrogen-bond donors (Lipinski definition) is 1. The van der Waals surface area contributed by atoms with Gasteiger partial charge in [0.15, 0.2) is 0 Å². The van der Waals surface area contributed by atoms with Crippen LogP contribution in [0.25, 0.3) is 0 Å². The van der Waals surface area contributed by atoms with Gasteiger partial charge in [0.25, 0.3) is 5.91 Å². The normalized spacial score (nSPS) is 14.3. The Morgan fingerprint density at radius 2 is 1.54 bits per heavy atom. The zero-order chi connectivity index (χ0) is 17.1. The highest BCUT2D eigenvalue weighted by atomic mass is 35.5. The number of benzene rings is 2. The minimum absolute atomic E-state index is 0.166. The van der Waals surface area contributed by atoms with Gasteiger partial charge in [0, 0.05) is 28.6 Å². The number of nitrogens with one attached hydrogen (secondary N) is 1. The van der Waals surface area contributed by atoms with E-state index in [9.17, 15) is 9.59 Å². The summed E-state index contributed by atoms with van der Waals surface area (Å²) in [7, 11) is 0. The van der Waals surface area contributed by atoms with Gasteiger partial charge in [0.05, 0.1) is 5.69 Å². The van der Waals surface area contributed by atoms with Crippen LogP contribution in [0.5, 0.6) is 0 Å². The van der Waals surface area contributed by atoms with Crippen molar-refractivity contribution in [2.24, 2.45) is 5.10 Å². The van der Waals surface area contributed by atoms with E-state index in [0.29, 0.717) is 33.6 Å². The smallest absolute Gasteiger partial charge is 0.271 e. The summed E-state index contributed by atoms with van der Waals surface area (Å²) in [6, 6.07) is 13.5. The number of hydrogen-bond acceptors (Lipinski definition) is 3. The fraction of sp³-hybridized carbons (Fsp3) is 0.118. The first kappa shape index (κ1) is 16.5. The third-order valence-electron chi connectivity index (χ3n) is 3.47. The van der Waals surface area contributed by atoms with E-state index >= 15 is 0 Å². The lowest BCUT2D eigenvalue weighted by Gasteiger charge is -2.23. The second-order valence-electron chi connectivity index (χ2n) is 5.19. The van der Waals surface area contributed by atoms with Crippen LogP contribution >= 0.6 is 23.2 Å². The number of hydrazone groups is 1. The molecule has 0 aliphatic carbocycles. The van der Waals surface area contributed by atoms with Crippen molar-refractivity contribution in [3.63, 3.8) is 0 Å². The lowest BCUT2D eigenvalue weighted by Crippen LogP contribution is -2.36. The van der Waals surface area contributed by atoms with Gasteiger partial charge in [0.2, 0.25) is 5.91 Å². The van der Waals surface area contributed by atoms with Crippen LogP contribution in [0.1, 0.15) is 12.8 Å². The molecule has 0 atom stereocenters. The molecule has 0 unspecified atom stereocenters. The standard InChI is InChI=1S/C17H13Cl2N3O2/c18-11-1-5-13(6-2-11)20-17(24)15-9-10-16(23)22(21-15)14-7-3-12(19)4-8-14/h1-8H,9-10H2,(H,20,24). The summed E-state index contributed by atoms with van der Waals surface area (Å²) in [5, 5.41) is 9.32. The molecule has 7 heteroatoms. The molecule has 1 N–H and O–H groups in total. The highest BCUT2D eigenvalue weighted by Crippen LogP contribution is 2.23. The second kappa shape index (κ2) is 7.03. The van der Waals surface area contributed by atoms with E-state index in [0.717, 1.165) is 0 Å². The Labute approximate surface area is 148 Å². The molecule has 0 saturated carbocycles. The molecule has 24 heavy (non-hydrogen) atoms. The van der Waals surface area contributed by atoms with Crippen molar-refractivity contribution < 1.29 is 9.59 Å². The minimum atomic E-state index is -0.344. The van der Waals surface area contributed by atoms with Gasteiger partial charge in [-0.05, 0) is 48.5 Å². The number of rotatable bonds is 3. The number of anilines is 2. The van der Waals surface area contributed by atoms with Crippen LogP contribution < -0.4 is 10.3 Å². The highest BCUT2D eigenvalue weighted by molar-refractivity contribution is 6.44. The van der Waals surface area contributed by atoms with Gasteiger partial charge in [-0.25, -0.2) is 5.01 Å². The first-order valence-corrected chi connectivity index (χ1v) is 8.01. The Balaban J connectivity index is 1.80. The Bertz CT molecular complexity index is 802. The van der Waals surface area contributed by atoms with Crippen LogP contribution in [0.3, 0.4) is 0 Å². The maximum Gasteiger partial charge on any atom is 0.271 e. The van der Waals surface area contributed by atoms with Crippen molar-refractivity contribution in [1.82, 2.24) is 0 Å². The second-order valence-corrected chi connectivity index (χ2v) is 6.06. The highest BCUT2D eigenvalue weighted by Gasteiger charge is 2.25. The van der Waals surface area contributed by atoms with Crippen molar-refractivity contribution in [2.75, 3.05) is 10.3 Å². The number of nitrogens with zero attached hydrogens (tertiary/aromatic N) is 2. The Hall–Kier alpha value is -2.37. The molecule has 122 valence electrons. The molecule has 0 aromatic heterocycles. The molecular weight excluding hydrogens is 349 g/mol. The van der Waals surface area contributed by atoms with Crippen molar-refractivity contribution in [1.29, 1.82) is 0 Å². The number of halogens is 2. The predicted molar refractivity (Wildman–Crippen MR) is 95.7 cm³/mol. The van der Waals surface area contributed by atoms with Gasteiger partial charge in [-0.1, -0.05) is 23.2 Å². The summed E-state index contributed by atoms with van der Waals surface area (Å²) < 4.78 is 0. The van der Waals surface area contributed by atoms with Crippen LogP contribution in [0, 0.1) is 0 Å². The van der Waals surface area contributed by atoms with Gasteiger partial charge >= 0.3 is 0 Å². The predicted octanol–water partition coefficient (Wildman–Crippen LogP) is 4.11. The molecule has 1 aliphatic rings. The van der Waals surface area contributed by atoms with Crippen molar-refractivity contribution in [3.8, 4) is 0 Å². The van der Waals surface area contributed by atoms with E-state index in [4.69, 9.17) is 23.2 Å². The Kier molecular flexibility index (Phi) is 4.83. The summed E-state index contributed by atoms with van der Waals surface area (Å²) >= 11 is 11.7. The van der Waals surface area contributed by atoms with Crippen molar-refractivity contribution in [2.45, 2.75) is 12.8 Å². The average molecular weight is 362 g/mol. The maximum atomic E-state index is 12.4. The minimum Gasteiger partial charge on any atom is -0.321 e. The Morgan fingerprint density at radius 3 is 2.17 bits per heavy atom. The van der Waals surface area contributed by atoms with E-state index in [1.165, 1.54) is 5.01 Å². The van der Waals surface area contributed by atoms with E-state index in [-0.39, 0.29) is 18.2 Å². The lowest BCUT2D eigenvalue weighted by molar-refractivity contribution is -0.118. The molecule has 2 aromatic rings. The van der Waals surface area contributed by atoms with Gasteiger partial charge in [0.1, 0.15) is 5.71 Å². The summed E-state index contributed by atoms with van der Waals surface area (Å²) in [6.45, 7) is 0. The Morgan fingerprint density at radius 1 is 0.958 bits per heavy atom. The lowest BCUT2D eigenvalue weighted by atomic mass is 10.1. The SMILES string of the molecule is O=C(Nc1ccc(Cl)cc1)C1=NN(c2ccc(Cl)cc2)C(=O)CC1. The monoisotopic (exact) mass is 361 g/mol. The molecular formula is C17H13Cl2N3O2. The zero-order valence-electron chi connectivity index (χ0n) is 12.5. The summed E-state index contributed by atoms with van der Waals surface area (Å²) in [5.41, 5.74) is 1.47. The molecule has 5 nitrogen and oxygen atoms in total. The summed E-state index contributed by atoms with van der Waals surface area (Å²) in [5.74, 6) is -0.510. The first-order chi connectivity index (χ1) is 11.5. The zero-order valence-corrected chi connectivity index (χ0v) is 14.0. The van der Waals surface area contributed by atoms with Crippen LogP contribution in [-0.2, 0) is 9.59 Å².